The third kappa shape index (κ3) is 3.44. The predicted octanol–water partition coefficient (Wildman–Crippen LogP) is 2.46. The van der Waals surface area contributed by atoms with Crippen LogP contribution in [-0.4, -0.2) is 50.1 Å². The summed E-state index contributed by atoms with van der Waals surface area (Å²) >= 11 is 6.00. The highest BCUT2D eigenvalue weighted by Crippen LogP contribution is 2.22. The lowest BCUT2D eigenvalue weighted by Crippen LogP contribution is -2.43. The van der Waals surface area contributed by atoms with Crippen LogP contribution in [0.3, 0.4) is 0 Å². The van der Waals surface area contributed by atoms with Crippen LogP contribution in [0, 0.1) is 12.8 Å². The molecule has 1 saturated heterocycles. The maximum Gasteiger partial charge on any atom is 0.276 e. The molecule has 0 spiro atoms. The molecule has 7 heteroatoms. The summed E-state index contributed by atoms with van der Waals surface area (Å²) in [5, 5.41) is 19.1. The summed E-state index contributed by atoms with van der Waals surface area (Å²) in [7, 11) is 0. The minimum absolute atomic E-state index is 0.117. The van der Waals surface area contributed by atoms with Gasteiger partial charge >= 0.3 is 0 Å². The fourth-order valence-corrected chi connectivity index (χ4v) is 3.21. The van der Waals surface area contributed by atoms with Crippen LogP contribution in [0.2, 0.25) is 5.02 Å². The van der Waals surface area contributed by atoms with Gasteiger partial charge in [-0.25, -0.2) is 0 Å². The molecule has 0 aliphatic carbocycles. The summed E-state index contributed by atoms with van der Waals surface area (Å²) in [4.78, 5) is 16.0. The lowest BCUT2D eigenvalue weighted by molar-refractivity contribution is 0.0461. The lowest BCUT2D eigenvalue weighted by atomic mass is 9.93. The van der Waals surface area contributed by atoms with E-state index in [4.69, 9.17) is 11.6 Å². The average Bonchev–Trinajstić information content (AvgIpc) is 2.96. The Labute approximate surface area is 146 Å². The molecule has 24 heavy (non-hydrogen) atoms. The van der Waals surface area contributed by atoms with Gasteiger partial charge in [-0.05, 0) is 44.9 Å². The van der Waals surface area contributed by atoms with Crippen molar-refractivity contribution in [3.05, 3.63) is 40.7 Å². The summed E-state index contributed by atoms with van der Waals surface area (Å²) in [5.74, 6) is -0.0166. The van der Waals surface area contributed by atoms with Crippen LogP contribution >= 0.6 is 11.6 Å². The maximum absolute atomic E-state index is 12.8. The van der Waals surface area contributed by atoms with Crippen molar-refractivity contribution in [1.82, 2.24) is 19.9 Å². The number of carbonyl (C=O) groups is 1. The minimum atomic E-state index is -0.413. The first-order valence-corrected chi connectivity index (χ1v) is 8.50. The number of hydrogen-bond acceptors (Lipinski definition) is 4. The predicted molar refractivity (Wildman–Crippen MR) is 91.4 cm³/mol. The van der Waals surface area contributed by atoms with Crippen molar-refractivity contribution in [2.24, 2.45) is 5.92 Å². The number of halogens is 1. The van der Waals surface area contributed by atoms with E-state index in [9.17, 15) is 9.90 Å². The number of aromatic nitrogens is 3. The van der Waals surface area contributed by atoms with E-state index < -0.39 is 6.10 Å². The molecule has 1 aromatic carbocycles. The van der Waals surface area contributed by atoms with Crippen LogP contribution in [0.5, 0.6) is 0 Å². The topological polar surface area (TPSA) is 71.2 Å². The van der Waals surface area contributed by atoms with Crippen LogP contribution in [0.1, 0.15) is 35.9 Å². The van der Waals surface area contributed by atoms with Gasteiger partial charge in [-0.2, -0.15) is 9.90 Å². The monoisotopic (exact) mass is 348 g/mol. The normalized spacial score (nSPS) is 19.3. The van der Waals surface area contributed by atoms with Gasteiger partial charge in [0.2, 0.25) is 0 Å². The minimum Gasteiger partial charge on any atom is -0.393 e. The van der Waals surface area contributed by atoms with E-state index in [1.54, 1.807) is 30.9 Å². The number of aliphatic hydroxyl groups is 1. The number of amides is 1. The highest BCUT2D eigenvalue weighted by atomic mass is 35.5. The Hall–Kier alpha value is -1.92. The van der Waals surface area contributed by atoms with Crippen LogP contribution in [0.25, 0.3) is 5.69 Å². The Morgan fingerprint density at radius 3 is 2.92 bits per heavy atom. The molecule has 1 fully saturated rings. The van der Waals surface area contributed by atoms with E-state index in [1.165, 1.54) is 4.80 Å². The number of aryl methyl sites for hydroxylation is 1. The van der Waals surface area contributed by atoms with Gasteiger partial charge in [-0.15, -0.1) is 5.10 Å². The van der Waals surface area contributed by atoms with Crippen molar-refractivity contribution >= 4 is 17.5 Å². The Balaban J connectivity index is 1.83. The summed E-state index contributed by atoms with van der Waals surface area (Å²) in [6.45, 7) is 4.79. The number of carbonyl (C=O) groups excluding carboxylic acids is 1. The Morgan fingerprint density at radius 1 is 1.42 bits per heavy atom. The van der Waals surface area contributed by atoms with E-state index in [1.807, 2.05) is 12.1 Å². The SMILES string of the molecule is Cc1nn(-c2cccc(Cl)c2)nc1C(=O)N1CCCC(C(C)O)C1. The molecule has 0 bridgehead atoms. The van der Waals surface area contributed by atoms with E-state index in [2.05, 4.69) is 10.2 Å². The van der Waals surface area contributed by atoms with Gasteiger partial charge in [0, 0.05) is 24.0 Å². The van der Waals surface area contributed by atoms with Crippen LogP contribution in [0.4, 0.5) is 0 Å². The van der Waals surface area contributed by atoms with Crippen molar-refractivity contribution in [2.75, 3.05) is 13.1 Å². The fourth-order valence-electron chi connectivity index (χ4n) is 3.03. The van der Waals surface area contributed by atoms with Gasteiger partial charge in [0.25, 0.3) is 5.91 Å². The number of benzene rings is 1. The zero-order chi connectivity index (χ0) is 17.3. The first-order valence-electron chi connectivity index (χ1n) is 8.13. The number of piperidine rings is 1. The Morgan fingerprint density at radius 2 is 2.21 bits per heavy atom. The molecular weight excluding hydrogens is 328 g/mol. The molecule has 0 saturated carbocycles. The van der Waals surface area contributed by atoms with Gasteiger partial charge in [0.05, 0.1) is 17.5 Å². The zero-order valence-corrected chi connectivity index (χ0v) is 14.6. The van der Waals surface area contributed by atoms with Crippen molar-refractivity contribution in [1.29, 1.82) is 0 Å². The van der Waals surface area contributed by atoms with Crippen molar-refractivity contribution in [3.63, 3.8) is 0 Å². The van der Waals surface area contributed by atoms with E-state index in [0.717, 1.165) is 12.8 Å². The summed E-state index contributed by atoms with van der Waals surface area (Å²) in [6, 6.07) is 7.18. The summed E-state index contributed by atoms with van der Waals surface area (Å²) in [5.41, 5.74) is 1.64. The average molecular weight is 349 g/mol. The second-order valence-electron chi connectivity index (χ2n) is 6.30. The molecule has 2 atom stereocenters. The first kappa shape index (κ1) is 16.9. The lowest BCUT2D eigenvalue weighted by Gasteiger charge is -2.33. The van der Waals surface area contributed by atoms with Crippen LogP contribution < -0.4 is 0 Å². The number of nitrogens with zero attached hydrogens (tertiary/aromatic N) is 4. The molecule has 2 heterocycles. The van der Waals surface area contributed by atoms with Gasteiger partial charge in [-0.3, -0.25) is 4.79 Å². The van der Waals surface area contributed by atoms with Crippen molar-refractivity contribution in [3.8, 4) is 5.69 Å². The maximum atomic E-state index is 12.8. The Bertz CT molecular complexity index is 744. The molecule has 128 valence electrons. The van der Waals surface area contributed by atoms with Crippen LogP contribution in [0.15, 0.2) is 24.3 Å². The third-order valence-corrected chi connectivity index (χ3v) is 4.69. The molecule has 1 aromatic heterocycles. The number of rotatable bonds is 3. The molecule has 2 aromatic rings. The zero-order valence-electron chi connectivity index (χ0n) is 13.8. The number of likely N-dealkylation sites (tertiary alicyclic amines) is 1. The van der Waals surface area contributed by atoms with Crippen molar-refractivity contribution in [2.45, 2.75) is 32.8 Å². The van der Waals surface area contributed by atoms with Gasteiger partial charge < -0.3 is 10.0 Å². The van der Waals surface area contributed by atoms with Gasteiger partial charge in [0.1, 0.15) is 0 Å². The second kappa shape index (κ2) is 6.91. The fraction of sp³-hybridized carbons (Fsp3) is 0.471. The second-order valence-corrected chi connectivity index (χ2v) is 6.73. The van der Waals surface area contributed by atoms with Crippen LogP contribution in [-0.2, 0) is 0 Å². The summed E-state index contributed by atoms with van der Waals surface area (Å²) < 4.78 is 0. The highest BCUT2D eigenvalue weighted by Gasteiger charge is 2.29. The summed E-state index contributed by atoms with van der Waals surface area (Å²) in [6.07, 6.45) is 1.42. The highest BCUT2D eigenvalue weighted by molar-refractivity contribution is 6.30. The largest absolute Gasteiger partial charge is 0.393 e. The molecule has 1 aliphatic rings. The first-order chi connectivity index (χ1) is 11.5. The van der Waals surface area contributed by atoms with E-state index in [-0.39, 0.29) is 11.8 Å². The third-order valence-electron chi connectivity index (χ3n) is 4.45. The molecule has 1 aliphatic heterocycles. The van der Waals surface area contributed by atoms with Gasteiger partial charge in [-0.1, -0.05) is 17.7 Å². The standard InChI is InChI=1S/C17H21ClN4O2/c1-11-16(17(24)21-8-4-5-13(10-21)12(2)23)20-22(19-11)15-7-3-6-14(18)9-15/h3,6-7,9,12-13,23H,4-5,8,10H2,1-2H3. The number of aliphatic hydroxyl groups excluding tert-OH is 1. The molecule has 1 amide bonds. The smallest absolute Gasteiger partial charge is 0.276 e. The molecule has 0 radical (unpaired) electrons. The van der Waals surface area contributed by atoms with E-state index in [0.29, 0.717) is 35.2 Å². The quantitative estimate of drug-likeness (QED) is 0.924. The molecule has 6 nitrogen and oxygen atoms in total. The van der Waals surface area contributed by atoms with Gasteiger partial charge in [0.15, 0.2) is 5.69 Å². The Kier molecular flexibility index (Phi) is 4.87. The molecule has 3 rings (SSSR count). The van der Waals surface area contributed by atoms with Crippen molar-refractivity contribution < 1.29 is 9.90 Å². The molecule has 2 unspecified atom stereocenters. The molecular formula is C17H21ClN4O2. The number of hydrogen-bond donors (Lipinski definition) is 1. The molecule has 1 N–H and O–H groups in total. The van der Waals surface area contributed by atoms with E-state index >= 15 is 0 Å².